The molecule has 0 atom stereocenters. The Bertz CT molecular complexity index is 845. The van der Waals surface area contributed by atoms with Crippen molar-refractivity contribution in [1.82, 2.24) is 9.47 Å². The number of rotatable bonds is 5. The molecule has 2 fully saturated rings. The Balaban J connectivity index is 1.38. The number of pyridine rings is 1. The van der Waals surface area contributed by atoms with Crippen molar-refractivity contribution in [2.75, 3.05) is 20.2 Å². The van der Waals surface area contributed by atoms with E-state index in [1.165, 1.54) is 38.9 Å². The molecule has 150 valence electrons. The fraction of sp³-hybridized carbons (Fsp3) is 0.522. The lowest BCUT2D eigenvalue weighted by Gasteiger charge is -2.36. The number of likely N-dealkylation sites (tertiary alicyclic amines) is 1. The molecule has 2 heterocycles. The molecule has 2 aromatic rings. The second kappa shape index (κ2) is 8.39. The Morgan fingerprint density at radius 2 is 1.64 bits per heavy atom. The summed E-state index contributed by atoms with van der Waals surface area (Å²) in [7, 11) is 1.53. The van der Waals surface area contributed by atoms with Crippen LogP contribution in [0.25, 0.3) is 5.69 Å². The van der Waals surface area contributed by atoms with E-state index in [9.17, 15) is 4.79 Å². The van der Waals surface area contributed by atoms with Crippen LogP contribution in [-0.2, 0) is 0 Å². The third-order valence-corrected chi connectivity index (χ3v) is 6.23. The van der Waals surface area contributed by atoms with Crippen LogP contribution in [0.3, 0.4) is 0 Å². The zero-order valence-electron chi connectivity index (χ0n) is 16.9. The number of nitrogens with zero attached hydrogens (tertiary/aromatic N) is 2. The van der Waals surface area contributed by atoms with E-state index in [2.05, 4.69) is 4.90 Å². The lowest BCUT2D eigenvalue weighted by Crippen LogP contribution is -2.43. The van der Waals surface area contributed by atoms with E-state index in [1.807, 2.05) is 35.8 Å². The first-order chi connectivity index (χ1) is 13.7. The average Bonchev–Trinajstić information content (AvgIpc) is 3.25. The van der Waals surface area contributed by atoms with Gasteiger partial charge in [0.1, 0.15) is 11.9 Å². The van der Waals surface area contributed by atoms with Gasteiger partial charge in [0.25, 0.3) is 0 Å². The molecule has 0 radical (unpaired) electrons. The van der Waals surface area contributed by atoms with E-state index in [4.69, 9.17) is 9.47 Å². The maximum absolute atomic E-state index is 11.9. The summed E-state index contributed by atoms with van der Waals surface area (Å²) < 4.78 is 13.4. The molecule has 0 N–H and O–H groups in total. The van der Waals surface area contributed by atoms with Crippen LogP contribution in [0.1, 0.15) is 44.2 Å². The van der Waals surface area contributed by atoms with Crippen LogP contribution in [0.2, 0.25) is 0 Å². The zero-order chi connectivity index (χ0) is 19.5. The summed E-state index contributed by atoms with van der Waals surface area (Å²) in [5.41, 5.74) is 1.68. The minimum absolute atomic E-state index is 0.0971. The van der Waals surface area contributed by atoms with Crippen LogP contribution in [-0.4, -0.2) is 41.8 Å². The normalized spacial score (nSPS) is 19.1. The highest BCUT2D eigenvalue weighted by molar-refractivity contribution is 5.42. The minimum Gasteiger partial charge on any atom is -0.491 e. The van der Waals surface area contributed by atoms with Crippen molar-refractivity contribution in [1.29, 1.82) is 0 Å². The van der Waals surface area contributed by atoms with Gasteiger partial charge in [0.2, 0.25) is 5.43 Å². The van der Waals surface area contributed by atoms with E-state index in [0.717, 1.165) is 49.1 Å². The molecule has 1 aromatic heterocycles. The number of ether oxygens (including phenoxy) is 2. The van der Waals surface area contributed by atoms with Gasteiger partial charge in [0.05, 0.1) is 12.8 Å². The van der Waals surface area contributed by atoms with Gasteiger partial charge in [-0.3, -0.25) is 4.79 Å². The highest BCUT2D eigenvalue weighted by Gasteiger charge is 2.27. The maximum Gasteiger partial charge on any atom is 0.223 e. The Labute approximate surface area is 166 Å². The average molecular weight is 383 g/mol. The van der Waals surface area contributed by atoms with Crippen molar-refractivity contribution in [2.24, 2.45) is 0 Å². The zero-order valence-corrected chi connectivity index (χ0v) is 16.9. The molecule has 1 aromatic carbocycles. The van der Waals surface area contributed by atoms with E-state index in [-0.39, 0.29) is 5.43 Å². The Kier molecular flexibility index (Phi) is 5.72. The van der Waals surface area contributed by atoms with Gasteiger partial charge >= 0.3 is 0 Å². The van der Waals surface area contributed by atoms with Crippen LogP contribution >= 0.6 is 0 Å². The summed E-state index contributed by atoms with van der Waals surface area (Å²) in [6, 6.07) is 10.4. The van der Waals surface area contributed by atoms with E-state index < -0.39 is 0 Å². The number of methoxy groups -OCH3 is 1. The van der Waals surface area contributed by atoms with Crippen LogP contribution in [0.4, 0.5) is 0 Å². The first-order valence-corrected chi connectivity index (χ1v) is 10.4. The van der Waals surface area contributed by atoms with Gasteiger partial charge in [-0.05, 0) is 56.9 Å². The number of benzene rings is 1. The molecule has 0 unspecified atom stereocenters. The molecule has 1 aliphatic carbocycles. The predicted octanol–water partition coefficient (Wildman–Crippen LogP) is 3.94. The molecule has 1 saturated heterocycles. The molecule has 2 aliphatic rings. The van der Waals surface area contributed by atoms with Gasteiger partial charge < -0.3 is 18.9 Å². The van der Waals surface area contributed by atoms with Gasteiger partial charge in [-0.2, -0.15) is 0 Å². The van der Waals surface area contributed by atoms with E-state index in [1.54, 1.807) is 6.20 Å². The number of aromatic nitrogens is 1. The molecule has 5 nitrogen and oxygen atoms in total. The molecule has 1 saturated carbocycles. The molecule has 4 rings (SSSR count). The second-order valence-corrected chi connectivity index (χ2v) is 7.95. The summed E-state index contributed by atoms with van der Waals surface area (Å²) in [6.07, 6.45) is 9.85. The molecule has 1 aliphatic heterocycles. The van der Waals surface area contributed by atoms with Crippen molar-refractivity contribution in [3.05, 3.63) is 52.4 Å². The first-order valence-electron chi connectivity index (χ1n) is 10.4. The van der Waals surface area contributed by atoms with Crippen LogP contribution in [0.15, 0.2) is 41.3 Å². The molecule has 0 bridgehead atoms. The highest BCUT2D eigenvalue weighted by atomic mass is 16.5. The third kappa shape index (κ3) is 3.95. The second-order valence-electron chi connectivity index (χ2n) is 7.95. The molecule has 5 heteroatoms. The van der Waals surface area contributed by atoms with Crippen molar-refractivity contribution < 1.29 is 9.47 Å². The SMILES string of the molecule is COc1c(C)n(-c2ccc(OC3CCN(C4CCCC4)CC3)cc2)ccc1=O. The molecule has 0 amide bonds. The van der Waals surface area contributed by atoms with Crippen LogP contribution in [0, 0.1) is 6.92 Å². The number of piperidine rings is 1. The predicted molar refractivity (Wildman–Crippen MR) is 111 cm³/mol. The summed E-state index contributed by atoms with van der Waals surface area (Å²) in [4.78, 5) is 14.5. The number of hydrogen-bond donors (Lipinski definition) is 0. The topological polar surface area (TPSA) is 43.7 Å². The quantitative estimate of drug-likeness (QED) is 0.786. The summed E-state index contributed by atoms with van der Waals surface area (Å²) >= 11 is 0. The van der Waals surface area contributed by atoms with Gasteiger partial charge in [-0.15, -0.1) is 0 Å². The molecule has 0 spiro atoms. The van der Waals surface area contributed by atoms with Gasteiger partial charge in [0, 0.05) is 37.1 Å². The summed E-state index contributed by atoms with van der Waals surface area (Å²) in [5, 5.41) is 0. The van der Waals surface area contributed by atoms with Gasteiger partial charge in [0.15, 0.2) is 5.75 Å². The standard InChI is InChI=1S/C23H30N2O3/c1-17-23(27-2)22(26)13-16-25(17)19-7-9-20(10-8-19)28-21-11-14-24(15-12-21)18-5-3-4-6-18/h7-10,13,16,18,21H,3-6,11-12,14-15H2,1-2H3. The highest BCUT2D eigenvalue weighted by Crippen LogP contribution is 2.28. The van der Waals surface area contributed by atoms with E-state index in [0.29, 0.717) is 11.9 Å². The Morgan fingerprint density at radius 3 is 2.29 bits per heavy atom. The third-order valence-electron chi connectivity index (χ3n) is 6.23. The maximum atomic E-state index is 11.9. The monoisotopic (exact) mass is 382 g/mol. The van der Waals surface area contributed by atoms with Gasteiger partial charge in [-0.25, -0.2) is 0 Å². The molecular formula is C23H30N2O3. The van der Waals surface area contributed by atoms with Gasteiger partial charge in [-0.1, -0.05) is 12.8 Å². The van der Waals surface area contributed by atoms with Crippen molar-refractivity contribution >= 4 is 0 Å². The van der Waals surface area contributed by atoms with Crippen molar-refractivity contribution in [3.8, 4) is 17.2 Å². The smallest absolute Gasteiger partial charge is 0.223 e. The Hall–Kier alpha value is -2.27. The fourth-order valence-corrected chi connectivity index (χ4v) is 4.65. The lowest BCUT2D eigenvalue weighted by molar-refractivity contribution is 0.0768. The Morgan fingerprint density at radius 1 is 0.964 bits per heavy atom. The lowest BCUT2D eigenvalue weighted by atomic mass is 10.0. The summed E-state index contributed by atoms with van der Waals surface area (Å²) in [5.74, 6) is 1.30. The minimum atomic E-state index is -0.0971. The molecule has 28 heavy (non-hydrogen) atoms. The van der Waals surface area contributed by atoms with Crippen LogP contribution in [0.5, 0.6) is 11.5 Å². The fourth-order valence-electron chi connectivity index (χ4n) is 4.65. The summed E-state index contributed by atoms with van der Waals surface area (Å²) in [6.45, 7) is 4.20. The number of hydrogen-bond acceptors (Lipinski definition) is 4. The van der Waals surface area contributed by atoms with Crippen LogP contribution < -0.4 is 14.9 Å². The largest absolute Gasteiger partial charge is 0.491 e. The van der Waals surface area contributed by atoms with Crippen molar-refractivity contribution in [3.63, 3.8) is 0 Å². The van der Waals surface area contributed by atoms with Crippen molar-refractivity contribution in [2.45, 2.75) is 57.6 Å². The van der Waals surface area contributed by atoms with E-state index >= 15 is 0 Å². The first kappa shape index (κ1) is 19.1. The molecular weight excluding hydrogens is 352 g/mol.